The largest absolute Gasteiger partial charge is 0.544 e. The molecule has 0 saturated carbocycles. The second kappa shape index (κ2) is 5.54. The third-order valence-corrected chi connectivity index (χ3v) is 0.603. The average molecular weight is 177 g/mol. The fourth-order valence-corrected chi connectivity index (χ4v) is 0.387. The molecule has 0 aromatic carbocycles. The van der Waals surface area contributed by atoms with Gasteiger partial charge in [0.25, 0.3) is 5.97 Å². The van der Waals surface area contributed by atoms with E-state index in [1.54, 1.807) is 21.1 Å². The maximum atomic E-state index is 9.89. The molecule has 5 nitrogen and oxygen atoms in total. The minimum Gasteiger partial charge on any atom is -0.544 e. The molecule has 0 amide bonds. The average Bonchev–Trinajstić information content (AvgIpc) is 1.52. The summed E-state index contributed by atoms with van der Waals surface area (Å²) < 4.78 is 0.419. The van der Waals surface area contributed by atoms with Gasteiger partial charge < -0.3 is 19.5 Å². The van der Waals surface area contributed by atoms with Crippen LogP contribution in [-0.2, 0) is 9.59 Å². The summed E-state index contributed by atoms with van der Waals surface area (Å²) in [5.41, 5.74) is 0. The van der Waals surface area contributed by atoms with Crippen LogP contribution in [0.4, 0.5) is 0 Å². The van der Waals surface area contributed by atoms with E-state index >= 15 is 0 Å². The van der Waals surface area contributed by atoms with E-state index in [4.69, 9.17) is 9.90 Å². The molecule has 12 heavy (non-hydrogen) atoms. The zero-order valence-electron chi connectivity index (χ0n) is 7.83. The van der Waals surface area contributed by atoms with Crippen LogP contribution >= 0.6 is 0 Å². The van der Waals surface area contributed by atoms with Crippen molar-refractivity contribution in [3.05, 3.63) is 0 Å². The normalized spacial score (nSPS) is 9.67. The summed E-state index contributed by atoms with van der Waals surface area (Å²) in [5.74, 6) is -1.84. The Morgan fingerprint density at radius 3 is 1.58 bits per heavy atom. The smallest absolute Gasteiger partial charge is 0.300 e. The van der Waals surface area contributed by atoms with Crippen molar-refractivity contribution >= 4 is 11.9 Å². The van der Waals surface area contributed by atoms with Gasteiger partial charge in [-0.1, -0.05) is 0 Å². The molecule has 0 rings (SSSR count). The van der Waals surface area contributed by atoms with Crippen molar-refractivity contribution in [2.45, 2.75) is 6.92 Å². The topological polar surface area (TPSA) is 77.4 Å². The molecule has 5 heteroatoms. The van der Waals surface area contributed by atoms with Crippen molar-refractivity contribution in [3.8, 4) is 0 Å². The fraction of sp³-hybridized carbons (Fsp3) is 0.714. The molecule has 0 aromatic rings. The van der Waals surface area contributed by atoms with Crippen molar-refractivity contribution in [3.63, 3.8) is 0 Å². The van der Waals surface area contributed by atoms with Crippen molar-refractivity contribution in [2.24, 2.45) is 0 Å². The number of carbonyl (C=O) groups excluding carboxylic acids is 1. The standard InChI is InChI=1S/C5H11NO2.C2H4O2/c1-6(2,3)4-5(7)8;1-2(3)4/h4H2,1-3H3;1H3,(H,3,4). The minimum atomic E-state index is -1.00. The first kappa shape index (κ1) is 13.5. The Labute approximate surface area is 71.8 Å². The maximum Gasteiger partial charge on any atom is 0.300 e. The summed E-state index contributed by atoms with van der Waals surface area (Å²) in [4.78, 5) is 18.9. The number of hydrogen-bond donors (Lipinski definition) is 1. The van der Waals surface area contributed by atoms with Crippen molar-refractivity contribution in [1.29, 1.82) is 0 Å². The second-order valence-electron chi connectivity index (χ2n) is 3.34. The van der Waals surface area contributed by atoms with Crippen LogP contribution in [0, 0.1) is 0 Å². The molecular weight excluding hydrogens is 162 g/mol. The van der Waals surface area contributed by atoms with Gasteiger partial charge in [-0.25, -0.2) is 0 Å². The van der Waals surface area contributed by atoms with E-state index in [1.807, 2.05) is 0 Å². The molecule has 0 spiro atoms. The van der Waals surface area contributed by atoms with Crippen molar-refractivity contribution in [1.82, 2.24) is 0 Å². The lowest BCUT2D eigenvalue weighted by Gasteiger charge is -2.23. The summed E-state index contributed by atoms with van der Waals surface area (Å²) >= 11 is 0. The van der Waals surface area contributed by atoms with Crippen LogP contribution in [0.5, 0.6) is 0 Å². The number of rotatable bonds is 2. The SMILES string of the molecule is CC(=O)O.C[N+](C)(C)CC(=O)[O-]. The summed E-state index contributed by atoms with van der Waals surface area (Å²) in [5, 5.41) is 17.3. The number of likely N-dealkylation sites (N-methyl/N-ethyl adjacent to an activating group) is 1. The Balaban J connectivity index is 0. The predicted molar refractivity (Wildman–Crippen MR) is 41.2 cm³/mol. The summed E-state index contributed by atoms with van der Waals surface area (Å²) in [6.45, 7) is 1.15. The Morgan fingerprint density at radius 2 is 1.58 bits per heavy atom. The molecule has 0 fully saturated rings. The second-order valence-corrected chi connectivity index (χ2v) is 3.34. The van der Waals surface area contributed by atoms with E-state index < -0.39 is 11.9 Å². The molecule has 0 saturated heterocycles. The van der Waals surface area contributed by atoms with E-state index in [0.29, 0.717) is 4.48 Å². The first-order valence-corrected chi connectivity index (χ1v) is 3.35. The van der Waals surface area contributed by atoms with Crippen LogP contribution in [0.1, 0.15) is 6.92 Å². The molecule has 0 bridgehead atoms. The molecular formula is C7H15NO4. The van der Waals surface area contributed by atoms with Gasteiger partial charge in [-0.15, -0.1) is 0 Å². The van der Waals surface area contributed by atoms with Gasteiger partial charge in [0.05, 0.1) is 27.1 Å². The minimum absolute atomic E-state index is 0.0694. The highest BCUT2D eigenvalue weighted by molar-refractivity contribution is 5.65. The van der Waals surface area contributed by atoms with Gasteiger partial charge in [0.1, 0.15) is 6.54 Å². The van der Waals surface area contributed by atoms with Crippen LogP contribution in [0.15, 0.2) is 0 Å². The first-order valence-electron chi connectivity index (χ1n) is 3.35. The number of carbonyl (C=O) groups is 2. The zero-order valence-corrected chi connectivity index (χ0v) is 7.83. The molecule has 0 aliphatic heterocycles. The third kappa shape index (κ3) is 36.5. The van der Waals surface area contributed by atoms with Crippen molar-refractivity contribution < 1.29 is 24.3 Å². The summed E-state index contributed by atoms with van der Waals surface area (Å²) in [7, 11) is 5.40. The van der Waals surface area contributed by atoms with Crippen LogP contribution in [0.2, 0.25) is 0 Å². The number of nitrogens with zero attached hydrogens (tertiary/aromatic N) is 1. The number of hydrogen-bond acceptors (Lipinski definition) is 3. The van der Waals surface area contributed by atoms with Crippen molar-refractivity contribution in [2.75, 3.05) is 27.7 Å². The number of aliphatic carboxylic acids is 2. The lowest BCUT2D eigenvalue weighted by molar-refractivity contribution is -0.864. The van der Waals surface area contributed by atoms with Gasteiger partial charge in [-0.05, 0) is 0 Å². The van der Waals surface area contributed by atoms with Gasteiger partial charge in [0.2, 0.25) is 0 Å². The predicted octanol–water partition coefficient (Wildman–Crippen LogP) is -1.47. The lowest BCUT2D eigenvalue weighted by atomic mass is 10.5. The first-order chi connectivity index (χ1) is 5.15. The molecule has 0 radical (unpaired) electrons. The number of quaternary nitrogens is 1. The Morgan fingerprint density at radius 1 is 1.33 bits per heavy atom. The molecule has 0 aliphatic rings. The van der Waals surface area contributed by atoms with Gasteiger partial charge in [0, 0.05) is 6.92 Å². The molecule has 0 atom stereocenters. The van der Waals surface area contributed by atoms with E-state index in [2.05, 4.69) is 0 Å². The van der Waals surface area contributed by atoms with Gasteiger partial charge in [-0.3, -0.25) is 4.79 Å². The third-order valence-electron chi connectivity index (χ3n) is 0.603. The van der Waals surface area contributed by atoms with Gasteiger partial charge in [0.15, 0.2) is 0 Å². The van der Waals surface area contributed by atoms with E-state index in [1.165, 1.54) is 0 Å². The van der Waals surface area contributed by atoms with Crippen LogP contribution in [0.3, 0.4) is 0 Å². The summed E-state index contributed by atoms with van der Waals surface area (Å²) in [6, 6.07) is 0. The molecule has 1 N–H and O–H groups in total. The molecule has 72 valence electrons. The van der Waals surface area contributed by atoms with E-state index in [-0.39, 0.29) is 6.54 Å². The van der Waals surface area contributed by atoms with E-state index in [9.17, 15) is 9.90 Å². The monoisotopic (exact) mass is 177 g/mol. The van der Waals surface area contributed by atoms with Gasteiger partial charge >= 0.3 is 0 Å². The van der Waals surface area contributed by atoms with Crippen LogP contribution in [-0.4, -0.2) is 49.2 Å². The number of carboxylic acids is 2. The summed E-state index contributed by atoms with van der Waals surface area (Å²) in [6.07, 6.45) is 0. The Kier molecular flexibility index (Phi) is 6.22. The molecule has 0 aromatic heterocycles. The Bertz CT molecular complexity index is 155. The van der Waals surface area contributed by atoms with Gasteiger partial charge in [-0.2, -0.15) is 0 Å². The zero-order chi connectivity index (χ0) is 10.4. The lowest BCUT2D eigenvalue weighted by Crippen LogP contribution is -2.45. The molecule has 0 unspecified atom stereocenters. The fourth-order valence-electron chi connectivity index (χ4n) is 0.387. The Hall–Kier alpha value is -1.10. The number of carboxylic acid groups (broad SMARTS) is 2. The molecule has 0 heterocycles. The highest BCUT2D eigenvalue weighted by atomic mass is 16.4. The highest BCUT2D eigenvalue weighted by Gasteiger charge is 2.04. The maximum absolute atomic E-state index is 9.89. The van der Waals surface area contributed by atoms with E-state index in [0.717, 1.165) is 6.92 Å². The quantitative estimate of drug-likeness (QED) is 0.522. The van der Waals surface area contributed by atoms with Crippen LogP contribution in [0.25, 0.3) is 0 Å². The molecule has 0 aliphatic carbocycles. The highest BCUT2D eigenvalue weighted by Crippen LogP contribution is 1.84. The van der Waals surface area contributed by atoms with Crippen LogP contribution < -0.4 is 5.11 Å².